The SMILES string of the molecule is c1ccc2cc3c(N4CCOCC4)nnc(N4CCOCC4)c3cc2c1. The quantitative estimate of drug-likeness (QED) is 0.662. The summed E-state index contributed by atoms with van der Waals surface area (Å²) >= 11 is 0. The molecule has 5 rings (SSSR count). The molecule has 0 aliphatic carbocycles. The van der Waals surface area contributed by atoms with Crippen LogP contribution in [-0.2, 0) is 9.47 Å². The van der Waals surface area contributed by atoms with Crippen LogP contribution in [0.5, 0.6) is 0 Å². The van der Waals surface area contributed by atoms with Crippen molar-refractivity contribution in [2.24, 2.45) is 0 Å². The van der Waals surface area contributed by atoms with E-state index in [4.69, 9.17) is 9.47 Å². The Hall–Kier alpha value is -2.44. The first-order valence-corrected chi connectivity index (χ1v) is 9.25. The third-order valence-corrected chi connectivity index (χ3v) is 5.23. The maximum Gasteiger partial charge on any atom is 0.159 e. The van der Waals surface area contributed by atoms with Crippen LogP contribution in [0.3, 0.4) is 0 Å². The Bertz CT molecular complexity index is 858. The normalized spacial score (nSPS) is 18.6. The first-order chi connectivity index (χ1) is 12.9. The highest BCUT2D eigenvalue weighted by molar-refractivity contribution is 6.07. The molecular weight excluding hydrogens is 328 g/mol. The summed E-state index contributed by atoms with van der Waals surface area (Å²) in [6, 6.07) is 13.0. The van der Waals surface area contributed by atoms with Gasteiger partial charge in [-0.1, -0.05) is 24.3 Å². The van der Waals surface area contributed by atoms with Crippen LogP contribution in [0.25, 0.3) is 21.5 Å². The van der Waals surface area contributed by atoms with E-state index in [1.807, 2.05) is 0 Å². The lowest BCUT2D eigenvalue weighted by molar-refractivity contribution is 0.122. The van der Waals surface area contributed by atoms with Crippen molar-refractivity contribution in [3.05, 3.63) is 36.4 Å². The summed E-state index contributed by atoms with van der Waals surface area (Å²) in [4.78, 5) is 4.58. The number of anilines is 2. The summed E-state index contributed by atoms with van der Waals surface area (Å²) in [6.45, 7) is 6.37. The molecule has 3 aromatic rings. The number of benzene rings is 2. The van der Waals surface area contributed by atoms with Crippen molar-refractivity contribution in [3.63, 3.8) is 0 Å². The molecule has 0 N–H and O–H groups in total. The molecule has 0 atom stereocenters. The molecule has 2 aliphatic rings. The highest BCUT2D eigenvalue weighted by Crippen LogP contribution is 2.34. The zero-order valence-electron chi connectivity index (χ0n) is 14.7. The third kappa shape index (κ3) is 2.75. The van der Waals surface area contributed by atoms with E-state index in [1.54, 1.807) is 0 Å². The molecule has 134 valence electrons. The van der Waals surface area contributed by atoms with Crippen molar-refractivity contribution < 1.29 is 9.47 Å². The number of hydrogen-bond acceptors (Lipinski definition) is 6. The zero-order valence-corrected chi connectivity index (χ0v) is 14.7. The number of hydrogen-bond donors (Lipinski definition) is 0. The topological polar surface area (TPSA) is 50.7 Å². The molecule has 0 radical (unpaired) electrons. The van der Waals surface area contributed by atoms with Crippen molar-refractivity contribution >= 4 is 33.2 Å². The van der Waals surface area contributed by atoms with Crippen molar-refractivity contribution in [1.82, 2.24) is 10.2 Å². The fourth-order valence-corrected chi connectivity index (χ4v) is 3.83. The lowest BCUT2D eigenvalue weighted by atomic mass is 10.0. The average Bonchev–Trinajstić information content (AvgIpc) is 2.73. The van der Waals surface area contributed by atoms with Crippen LogP contribution in [0, 0.1) is 0 Å². The molecule has 26 heavy (non-hydrogen) atoms. The van der Waals surface area contributed by atoms with Crippen molar-refractivity contribution in [1.29, 1.82) is 0 Å². The Kier molecular flexibility index (Phi) is 4.07. The van der Waals surface area contributed by atoms with Crippen LogP contribution in [0.15, 0.2) is 36.4 Å². The van der Waals surface area contributed by atoms with Gasteiger partial charge in [-0.2, -0.15) is 0 Å². The van der Waals surface area contributed by atoms with Crippen LogP contribution in [0.2, 0.25) is 0 Å². The van der Waals surface area contributed by atoms with Gasteiger partial charge < -0.3 is 19.3 Å². The van der Waals surface area contributed by atoms with E-state index in [1.165, 1.54) is 21.5 Å². The van der Waals surface area contributed by atoms with E-state index >= 15 is 0 Å². The number of nitrogens with zero attached hydrogens (tertiary/aromatic N) is 4. The van der Waals surface area contributed by atoms with Gasteiger partial charge in [0, 0.05) is 37.0 Å². The molecule has 2 aromatic carbocycles. The molecule has 6 heteroatoms. The molecule has 1 aromatic heterocycles. The number of morpholine rings is 2. The summed E-state index contributed by atoms with van der Waals surface area (Å²) in [6.07, 6.45) is 0. The minimum atomic E-state index is 0.738. The molecule has 0 bridgehead atoms. The van der Waals surface area contributed by atoms with E-state index in [0.29, 0.717) is 0 Å². The lowest BCUT2D eigenvalue weighted by Gasteiger charge is -2.31. The van der Waals surface area contributed by atoms with E-state index in [-0.39, 0.29) is 0 Å². The number of rotatable bonds is 2. The second-order valence-corrected chi connectivity index (χ2v) is 6.79. The number of aromatic nitrogens is 2. The summed E-state index contributed by atoms with van der Waals surface area (Å²) in [5.74, 6) is 1.93. The van der Waals surface area contributed by atoms with Gasteiger partial charge in [-0.3, -0.25) is 0 Å². The van der Waals surface area contributed by atoms with Gasteiger partial charge in [-0.05, 0) is 22.9 Å². The van der Waals surface area contributed by atoms with E-state index in [9.17, 15) is 0 Å². The first kappa shape index (κ1) is 15.8. The zero-order chi connectivity index (χ0) is 17.3. The summed E-state index contributed by atoms with van der Waals surface area (Å²) in [5.41, 5.74) is 0. The Morgan fingerprint density at radius 2 is 1.08 bits per heavy atom. The van der Waals surface area contributed by atoms with Gasteiger partial charge in [0.15, 0.2) is 11.6 Å². The van der Waals surface area contributed by atoms with Gasteiger partial charge in [-0.25, -0.2) is 0 Å². The molecule has 0 amide bonds. The molecule has 0 spiro atoms. The van der Waals surface area contributed by atoms with Gasteiger partial charge in [0.25, 0.3) is 0 Å². The summed E-state index contributed by atoms with van der Waals surface area (Å²) in [7, 11) is 0. The van der Waals surface area contributed by atoms with Crippen LogP contribution in [-0.4, -0.2) is 62.8 Å². The predicted molar refractivity (Wildman–Crippen MR) is 103 cm³/mol. The Morgan fingerprint density at radius 1 is 0.654 bits per heavy atom. The molecule has 0 unspecified atom stereocenters. The van der Waals surface area contributed by atoms with Crippen LogP contribution in [0.4, 0.5) is 11.6 Å². The average molecular weight is 350 g/mol. The second-order valence-electron chi connectivity index (χ2n) is 6.79. The maximum atomic E-state index is 5.51. The molecule has 2 saturated heterocycles. The Balaban J connectivity index is 1.71. The predicted octanol–water partition coefficient (Wildman–Crippen LogP) is 2.46. The highest BCUT2D eigenvalue weighted by Gasteiger charge is 2.21. The first-order valence-electron chi connectivity index (χ1n) is 9.25. The summed E-state index contributed by atoms with van der Waals surface area (Å²) < 4.78 is 11.0. The fraction of sp³-hybridized carbons (Fsp3) is 0.400. The lowest BCUT2D eigenvalue weighted by Crippen LogP contribution is -2.38. The van der Waals surface area contributed by atoms with Gasteiger partial charge in [0.1, 0.15) is 0 Å². The fourth-order valence-electron chi connectivity index (χ4n) is 3.83. The van der Waals surface area contributed by atoms with Crippen molar-refractivity contribution in [2.45, 2.75) is 0 Å². The molecule has 3 heterocycles. The Labute approximate surface area is 152 Å². The Morgan fingerprint density at radius 3 is 1.50 bits per heavy atom. The number of ether oxygens (including phenoxy) is 2. The highest BCUT2D eigenvalue weighted by atomic mass is 16.5. The van der Waals surface area contributed by atoms with Gasteiger partial charge in [-0.15, -0.1) is 10.2 Å². The van der Waals surface area contributed by atoms with Crippen LogP contribution in [0.1, 0.15) is 0 Å². The number of fused-ring (bicyclic) bond motifs is 2. The smallest absolute Gasteiger partial charge is 0.159 e. The van der Waals surface area contributed by atoms with E-state index in [2.05, 4.69) is 56.4 Å². The van der Waals surface area contributed by atoms with Gasteiger partial charge in [0.05, 0.1) is 26.4 Å². The van der Waals surface area contributed by atoms with E-state index in [0.717, 1.165) is 64.2 Å². The van der Waals surface area contributed by atoms with Crippen molar-refractivity contribution in [2.75, 3.05) is 62.4 Å². The standard InChI is InChI=1S/C20H22N4O2/c1-2-4-16-14-18-17(13-15(16)3-1)19(23-5-9-25-10-6-23)21-22-20(18)24-7-11-26-12-8-24/h1-4,13-14H,5-12H2. The molecule has 2 fully saturated rings. The molecule has 2 aliphatic heterocycles. The molecular formula is C20H22N4O2. The monoisotopic (exact) mass is 350 g/mol. The minimum Gasteiger partial charge on any atom is -0.378 e. The maximum absolute atomic E-state index is 5.51. The minimum absolute atomic E-state index is 0.738. The third-order valence-electron chi connectivity index (χ3n) is 5.23. The van der Waals surface area contributed by atoms with Gasteiger partial charge >= 0.3 is 0 Å². The van der Waals surface area contributed by atoms with Gasteiger partial charge in [0.2, 0.25) is 0 Å². The summed E-state index contributed by atoms with van der Waals surface area (Å²) in [5, 5.41) is 14.1. The largest absolute Gasteiger partial charge is 0.378 e. The van der Waals surface area contributed by atoms with Crippen molar-refractivity contribution in [3.8, 4) is 0 Å². The molecule has 0 saturated carbocycles. The second kappa shape index (κ2) is 6.70. The van der Waals surface area contributed by atoms with E-state index < -0.39 is 0 Å². The van der Waals surface area contributed by atoms with Crippen LogP contribution >= 0.6 is 0 Å². The van der Waals surface area contributed by atoms with Crippen LogP contribution < -0.4 is 9.80 Å². The molecule has 6 nitrogen and oxygen atoms in total.